The second kappa shape index (κ2) is 5.98. The Hall–Kier alpha value is -1.32. The number of carboxylic acids is 1. The van der Waals surface area contributed by atoms with Gasteiger partial charge in [-0.15, -0.1) is 5.10 Å². The molecule has 0 fully saturated rings. The van der Waals surface area contributed by atoms with Crippen LogP contribution in [0.25, 0.3) is 5.69 Å². The van der Waals surface area contributed by atoms with E-state index in [1.807, 2.05) is 0 Å². The van der Waals surface area contributed by atoms with Gasteiger partial charge < -0.3 is 5.11 Å². The minimum atomic E-state index is -1.05. The third-order valence-corrected chi connectivity index (χ3v) is 3.99. The molecule has 0 bridgehead atoms. The van der Waals surface area contributed by atoms with Crippen LogP contribution < -0.4 is 5.69 Å². The number of hydrogen-bond donors (Lipinski definition) is 2. The van der Waals surface area contributed by atoms with Crippen LogP contribution in [0.15, 0.2) is 26.6 Å². The molecule has 0 saturated heterocycles. The summed E-state index contributed by atoms with van der Waals surface area (Å²) in [5.74, 6) is -1.90. The third-order valence-electron chi connectivity index (χ3n) is 2.17. The number of halogens is 3. The number of rotatable bonds is 4. The molecule has 2 aromatic rings. The van der Waals surface area contributed by atoms with Crippen molar-refractivity contribution in [1.29, 1.82) is 0 Å². The van der Waals surface area contributed by atoms with Gasteiger partial charge in [0.25, 0.3) is 0 Å². The molecule has 0 aliphatic heterocycles. The first-order valence-corrected chi connectivity index (χ1v) is 7.22. The lowest BCUT2D eigenvalue weighted by atomic mass is 10.3. The maximum absolute atomic E-state index is 13.2. The van der Waals surface area contributed by atoms with Crippen LogP contribution in [0.3, 0.4) is 0 Å². The van der Waals surface area contributed by atoms with Crippen LogP contribution in [0.2, 0.25) is 5.02 Å². The maximum atomic E-state index is 13.2. The van der Waals surface area contributed by atoms with Gasteiger partial charge in [0.1, 0.15) is 5.82 Å². The molecule has 2 N–H and O–H groups in total. The summed E-state index contributed by atoms with van der Waals surface area (Å²) in [5.41, 5.74) is -0.410. The number of H-pyrrole nitrogens is 1. The lowest BCUT2D eigenvalue weighted by Gasteiger charge is -2.09. The highest BCUT2D eigenvalue weighted by atomic mass is 79.9. The summed E-state index contributed by atoms with van der Waals surface area (Å²) < 4.78 is 14.5. The van der Waals surface area contributed by atoms with Crippen molar-refractivity contribution < 1.29 is 14.3 Å². The fraction of sp³-hybridized carbons (Fsp3) is 0.100. The zero-order valence-corrected chi connectivity index (χ0v) is 12.7. The number of nitrogens with zero attached hydrogens (tertiary/aromatic N) is 2. The number of benzene rings is 1. The average Bonchev–Trinajstić information content (AvgIpc) is 2.67. The predicted molar refractivity (Wildman–Crippen MR) is 75.2 cm³/mol. The quantitative estimate of drug-likeness (QED) is 0.792. The van der Waals surface area contributed by atoms with E-state index < -0.39 is 17.5 Å². The van der Waals surface area contributed by atoms with Crippen molar-refractivity contribution in [3.63, 3.8) is 0 Å². The summed E-state index contributed by atoms with van der Waals surface area (Å²) in [6.45, 7) is 0. The van der Waals surface area contributed by atoms with Crippen LogP contribution in [0.5, 0.6) is 0 Å². The molecule has 0 aliphatic carbocycles. The number of aromatic amines is 1. The molecule has 20 heavy (non-hydrogen) atoms. The van der Waals surface area contributed by atoms with Crippen LogP contribution in [0.1, 0.15) is 0 Å². The second-order valence-corrected chi connectivity index (χ2v) is 5.75. The molecular weight excluding hydrogens is 377 g/mol. The first-order chi connectivity index (χ1) is 9.40. The molecule has 0 saturated carbocycles. The largest absolute Gasteiger partial charge is 0.481 e. The van der Waals surface area contributed by atoms with Crippen LogP contribution in [0.4, 0.5) is 4.39 Å². The highest BCUT2D eigenvalue weighted by Crippen LogP contribution is 2.31. The van der Waals surface area contributed by atoms with Crippen LogP contribution in [0, 0.1) is 5.82 Å². The van der Waals surface area contributed by atoms with E-state index in [9.17, 15) is 14.0 Å². The standard InChI is InChI=1S/C10H6BrClFN3O3S/c11-5-1-4(13)2-6(12)8(5)16-9(19)14-15-10(16)20-3-7(17)18/h1-2H,3H2,(H,14,19)(H,17,18). The SMILES string of the molecule is O=C(O)CSc1n[nH]c(=O)n1-c1c(Cl)cc(F)cc1Br. The number of thioether (sulfide) groups is 1. The van der Waals surface area contributed by atoms with Gasteiger partial charge in [-0.1, -0.05) is 23.4 Å². The monoisotopic (exact) mass is 381 g/mol. The molecule has 0 aliphatic rings. The fourth-order valence-electron chi connectivity index (χ4n) is 1.45. The molecule has 1 aromatic carbocycles. The van der Waals surface area contributed by atoms with Crippen LogP contribution >= 0.6 is 39.3 Å². The molecule has 0 unspecified atom stereocenters. The lowest BCUT2D eigenvalue weighted by molar-refractivity contribution is -0.133. The first kappa shape index (κ1) is 15.1. The Morgan fingerprint density at radius 2 is 2.30 bits per heavy atom. The van der Waals surface area contributed by atoms with E-state index in [-0.39, 0.29) is 26.1 Å². The fourth-order valence-corrected chi connectivity index (χ4v) is 3.13. The number of hydrogen-bond acceptors (Lipinski definition) is 4. The van der Waals surface area contributed by atoms with E-state index in [1.54, 1.807) is 0 Å². The number of aromatic nitrogens is 3. The molecule has 106 valence electrons. The molecule has 0 atom stereocenters. The van der Waals surface area contributed by atoms with Crippen molar-refractivity contribution in [1.82, 2.24) is 14.8 Å². The van der Waals surface area contributed by atoms with Crippen molar-refractivity contribution in [2.24, 2.45) is 0 Å². The number of carboxylic acid groups (broad SMARTS) is 1. The van der Waals surface area contributed by atoms with Crippen molar-refractivity contribution in [2.45, 2.75) is 5.16 Å². The summed E-state index contributed by atoms with van der Waals surface area (Å²) in [6.07, 6.45) is 0. The molecule has 1 heterocycles. The highest BCUT2D eigenvalue weighted by Gasteiger charge is 2.18. The zero-order chi connectivity index (χ0) is 14.9. The third kappa shape index (κ3) is 3.05. The topological polar surface area (TPSA) is 88.0 Å². The van der Waals surface area contributed by atoms with Gasteiger partial charge in [-0.05, 0) is 28.1 Å². The van der Waals surface area contributed by atoms with Crippen molar-refractivity contribution in [3.05, 3.63) is 37.9 Å². The van der Waals surface area contributed by atoms with Gasteiger partial charge in [-0.2, -0.15) is 0 Å². The second-order valence-electron chi connectivity index (χ2n) is 3.55. The number of aliphatic carboxylic acids is 1. The summed E-state index contributed by atoms with van der Waals surface area (Å²) >= 11 is 9.89. The van der Waals surface area contributed by atoms with Crippen molar-refractivity contribution in [2.75, 3.05) is 5.75 Å². The van der Waals surface area contributed by atoms with Gasteiger partial charge in [0, 0.05) is 4.47 Å². The zero-order valence-electron chi connectivity index (χ0n) is 9.56. The molecule has 6 nitrogen and oxygen atoms in total. The van der Waals surface area contributed by atoms with Gasteiger partial charge in [0.05, 0.1) is 16.5 Å². The summed E-state index contributed by atoms with van der Waals surface area (Å²) in [7, 11) is 0. The molecule has 1 aromatic heterocycles. The Morgan fingerprint density at radius 1 is 1.60 bits per heavy atom. The molecule has 0 radical (unpaired) electrons. The Balaban J connectivity index is 2.56. The number of nitrogens with one attached hydrogen (secondary N) is 1. The Labute approximate surface area is 129 Å². The van der Waals surface area contributed by atoms with Crippen molar-refractivity contribution >= 4 is 45.3 Å². The Kier molecular flexibility index (Phi) is 4.51. The summed E-state index contributed by atoms with van der Waals surface area (Å²) in [5, 5.41) is 14.7. The van der Waals surface area contributed by atoms with E-state index in [2.05, 4.69) is 26.1 Å². The van der Waals surface area contributed by atoms with Gasteiger partial charge >= 0.3 is 11.7 Å². The van der Waals surface area contributed by atoms with E-state index in [4.69, 9.17) is 16.7 Å². The van der Waals surface area contributed by atoms with E-state index in [0.29, 0.717) is 0 Å². The van der Waals surface area contributed by atoms with Gasteiger partial charge in [0.2, 0.25) is 0 Å². The van der Waals surface area contributed by atoms with E-state index >= 15 is 0 Å². The molecular formula is C10H6BrClFN3O3S. The Bertz CT molecular complexity index is 710. The predicted octanol–water partition coefficient (Wildman–Crippen LogP) is 2.29. The summed E-state index contributed by atoms with van der Waals surface area (Å²) in [6, 6.07) is 2.19. The minimum Gasteiger partial charge on any atom is -0.481 e. The van der Waals surface area contributed by atoms with Crippen molar-refractivity contribution in [3.8, 4) is 5.69 Å². The van der Waals surface area contributed by atoms with E-state index in [0.717, 1.165) is 28.5 Å². The van der Waals surface area contributed by atoms with E-state index in [1.165, 1.54) is 0 Å². The molecule has 0 spiro atoms. The number of carbonyl (C=O) groups is 1. The van der Waals surface area contributed by atoms with Gasteiger partial charge in [0.15, 0.2) is 5.16 Å². The van der Waals surface area contributed by atoms with Crippen LogP contribution in [-0.4, -0.2) is 31.6 Å². The smallest absolute Gasteiger partial charge is 0.348 e. The van der Waals surface area contributed by atoms with Gasteiger partial charge in [-0.25, -0.2) is 18.9 Å². The first-order valence-electron chi connectivity index (χ1n) is 5.07. The molecule has 0 amide bonds. The maximum Gasteiger partial charge on any atom is 0.348 e. The Morgan fingerprint density at radius 3 is 2.90 bits per heavy atom. The normalized spacial score (nSPS) is 10.8. The highest BCUT2D eigenvalue weighted by molar-refractivity contribution is 9.10. The van der Waals surface area contributed by atoms with Gasteiger partial charge in [-0.3, -0.25) is 4.79 Å². The average molecular weight is 383 g/mol. The molecule has 2 rings (SSSR count). The molecule has 10 heteroatoms. The van der Waals surface area contributed by atoms with Crippen LogP contribution in [-0.2, 0) is 4.79 Å². The summed E-state index contributed by atoms with van der Waals surface area (Å²) in [4.78, 5) is 22.4. The minimum absolute atomic E-state index is 0.00227. The lowest BCUT2D eigenvalue weighted by Crippen LogP contribution is -2.17.